The van der Waals surface area contributed by atoms with Gasteiger partial charge >= 0.3 is 0 Å². The summed E-state index contributed by atoms with van der Waals surface area (Å²) in [5.41, 5.74) is 0. The fraction of sp³-hybridized carbons (Fsp3) is 1.00. The SMILES string of the molecule is OCC(CSCC1CCCO1)NC1CC1. The second kappa shape index (κ2) is 6.09. The van der Waals surface area contributed by atoms with Crippen LogP contribution in [0.15, 0.2) is 0 Å². The van der Waals surface area contributed by atoms with Gasteiger partial charge in [-0.1, -0.05) is 0 Å². The minimum atomic E-state index is 0.259. The van der Waals surface area contributed by atoms with E-state index in [0.717, 1.165) is 18.1 Å². The minimum absolute atomic E-state index is 0.259. The van der Waals surface area contributed by atoms with Gasteiger partial charge in [-0.05, 0) is 25.7 Å². The van der Waals surface area contributed by atoms with Crippen molar-refractivity contribution in [2.45, 2.75) is 43.9 Å². The number of aliphatic hydroxyl groups excluding tert-OH is 1. The minimum Gasteiger partial charge on any atom is -0.395 e. The quantitative estimate of drug-likeness (QED) is 0.686. The molecular formula is C11H21NO2S. The Hall–Kier alpha value is 0.230. The molecule has 1 aliphatic heterocycles. The molecule has 1 heterocycles. The third kappa shape index (κ3) is 4.31. The van der Waals surface area contributed by atoms with Gasteiger partial charge in [-0.2, -0.15) is 11.8 Å². The maximum atomic E-state index is 9.19. The molecule has 2 atom stereocenters. The second-order valence-corrected chi connectivity index (χ2v) is 5.57. The zero-order chi connectivity index (χ0) is 10.5. The predicted octanol–water partition coefficient (Wildman–Crippen LogP) is 1.01. The highest BCUT2D eigenvalue weighted by atomic mass is 32.2. The molecule has 0 aromatic carbocycles. The first kappa shape index (κ1) is 11.7. The van der Waals surface area contributed by atoms with Gasteiger partial charge in [-0.15, -0.1) is 0 Å². The van der Waals surface area contributed by atoms with Crippen LogP contribution in [0.2, 0.25) is 0 Å². The van der Waals surface area contributed by atoms with Crippen LogP contribution in [-0.4, -0.2) is 48.0 Å². The molecule has 2 rings (SSSR count). The third-order valence-corrected chi connectivity index (χ3v) is 4.16. The molecule has 88 valence electrons. The lowest BCUT2D eigenvalue weighted by Gasteiger charge is -2.16. The zero-order valence-electron chi connectivity index (χ0n) is 9.15. The molecule has 1 saturated heterocycles. The summed E-state index contributed by atoms with van der Waals surface area (Å²) >= 11 is 1.91. The number of rotatable bonds is 7. The number of nitrogens with one attached hydrogen (secondary N) is 1. The average Bonchev–Trinajstić information content (AvgIpc) is 2.91. The van der Waals surface area contributed by atoms with Crippen molar-refractivity contribution in [3.05, 3.63) is 0 Å². The fourth-order valence-corrected chi connectivity index (χ4v) is 3.00. The lowest BCUT2D eigenvalue weighted by atomic mass is 10.3. The Kier molecular flexibility index (Phi) is 4.75. The van der Waals surface area contributed by atoms with E-state index < -0.39 is 0 Å². The van der Waals surface area contributed by atoms with Crippen LogP contribution >= 0.6 is 11.8 Å². The summed E-state index contributed by atoms with van der Waals surface area (Å²) < 4.78 is 5.56. The van der Waals surface area contributed by atoms with Crippen LogP contribution in [0.25, 0.3) is 0 Å². The van der Waals surface area contributed by atoms with E-state index >= 15 is 0 Å². The number of hydrogen-bond donors (Lipinski definition) is 2. The number of ether oxygens (including phenoxy) is 1. The van der Waals surface area contributed by atoms with E-state index in [0.29, 0.717) is 12.1 Å². The average molecular weight is 231 g/mol. The van der Waals surface area contributed by atoms with Crippen LogP contribution < -0.4 is 5.32 Å². The molecule has 2 unspecified atom stereocenters. The Morgan fingerprint density at radius 3 is 2.87 bits per heavy atom. The highest BCUT2D eigenvalue weighted by Gasteiger charge is 2.24. The van der Waals surface area contributed by atoms with E-state index in [1.807, 2.05) is 11.8 Å². The first-order valence-corrected chi connectivity index (χ1v) is 7.10. The van der Waals surface area contributed by atoms with Gasteiger partial charge in [0.05, 0.1) is 12.7 Å². The molecule has 0 aromatic heterocycles. The van der Waals surface area contributed by atoms with E-state index in [-0.39, 0.29) is 12.6 Å². The molecule has 3 nitrogen and oxygen atoms in total. The summed E-state index contributed by atoms with van der Waals surface area (Å²) in [4.78, 5) is 0. The van der Waals surface area contributed by atoms with Crippen molar-refractivity contribution >= 4 is 11.8 Å². The molecular weight excluding hydrogens is 210 g/mol. The van der Waals surface area contributed by atoms with Crippen LogP contribution in [0.3, 0.4) is 0 Å². The summed E-state index contributed by atoms with van der Waals surface area (Å²) in [6.45, 7) is 1.20. The largest absolute Gasteiger partial charge is 0.395 e. The summed E-state index contributed by atoms with van der Waals surface area (Å²) in [7, 11) is 0. The molecule has 0 radical (unpaired) electrons. The Morgan fingerprint density at radius 1 is 1.40 bits per heavy atom. The normalized spacial score (nSPS) is 28.2. The van der Waals surface area contributed by atoms with E-state index in [2.05, 4.69) is 5.32 Å². The lowest BCUT2D eigenvalue weighted by Crippen LogP contribution is -2.36. The fourth-order valence-electron chi connectivity index (χ4n) is 1.85. The van der Waals surface area contributed by atoms with Crippen molar-refractivity contribution in [1.82, 2.24) is 5.32 Å². The van der Waals surface area contributed by atoms with Crippen molar-refractivity contribution in [2.24, 2.45) is 0 Å². The molecule has 1 saturated carbocycles. The molecule has 0 amide bonds. The molecule has 0 spiro atoms. The van der Waals surface area contributed by atoms with Gasteiger partial charge in [0.15, 0.2) is 0 Å². The van der Waals surface area contributed by atoms with Crippen molar-refractivity contribution < 1.29 is 9.84 Å². The van der Waals surface area contributed by atoms with Gasteiger partial charge in [-0.25, -0.2) is 0 Å². The molecule has 2 aliphatic rings. The summed E-state index contributed by atoms with van der Waals surface area (Å²) in [5, 5.41) is 12.6. The molecule has 1 aliphatic carbocycles. The number of hydrogen-bond acceptors (Lipinski definition) is 4. The van der Waals surface area contributed by atoms with Gasteiger partial charge in [0.2, 0.25) is 0 Å². The maximum Gasteiger partial charge on any atom is 0.0666 e. The summed E-state index contributed by atoms with van der Waals surface area (Å²) in [6.07, 6.45) is 5.47. The third-order valence-electron chi connectivity index (χ3n) is 2.92. The highest BCUT2D eigenvalue weighted by Crippen LogP contribution is 2.21. The van der Waals surface area contributed by atoms with Gasteiger partial charge in [-0.3, -0.25) is 0 Å². The zero-order valence-corrected chi connectivity index (χ0v) is 9.97. The molecule has 2 fully saturated rings. The topological polar surface area (TPSA) is 41.5 Å². The van der Waals surface area contributed by atoms with Crippen molar-refractivity contribution in [3.8, 4) is 0 Å². The smallest absolute Gasteiger partial charge is 0.0666 e. The van der Waals surface area contributed by atoms with Gasteiger partial charge in [0.25, 0.3) is 0 Å². The Balaban J connectivity index is 1.53. The van der Waals surface area contributed by atoms with Gasteiger partial charge in [0.1, 0.15) is 0 Å². The van der Waals surface area contributed by atoms with E-state index in [4.69, 9.17) is 4.74 Å². The molecule has 15 heavy (non-hydrogen) atoms. The van der Waals surface area contributed by atoms with E-state index in [9.17, 15) is 5.11 Å². The number of aliphatic hydroxyl groups is 1. The Bertz CT molecular complexity index is 181. The maximum absolute atomic E-state index is 9.19. The second-order valence-electron chi connectivity index (χ2n) is 4.49. The van der Waals surface area contributed by atoms with Gasteiger partial charge in [0, 0.05) is 30.2 Å². The van der Waals surface area contributed by atoms with Crippen LogP contribution in [0, 0.1) is 0 Å². The van der Waals surface area contributed by atoms with Gasteiger partial charge < -0.3 is 15.2 Å². The van der Waals surface area contributed by atoms with Crippen molar-refractivity contribution in [2.75, 3.05) is 24.7 Å². The van der Waals surface area contributed by atoms with Crippen LogP contribution in [0.5, 0.6) is 0 Å². The van der Waals surface area contributed by atoms with E-state index in [1.165, 1.54) is 25.7 Å². The number of thioether (sulfide) groups is 1. The molecule has 4 heteroatoms. The monoisotopic (exact) mass is 231 g/mol. The van der Waals surface area contributed by atoms with Crippen molar-refractivity contribution in [1.29, 1.82) is 0 Å². The molecule has 0 aromatic rings. The van der Waals surface area contributed by atoms with E-state index in [1.54, 1.807) is 0 Å². The van der Waals surface area contributed by atoms with Crippen LogP contribution in [-0.2, 0) is 4.74 Å². The predicted molar refractivity (Wildman–Crippen MR) is 63.3 cm³/mol. The van der Waals surface area contributed by atoms with Crippen LogP contribution in [0.1, 0.15) is 25.7 Å². The first-order chi connectivity index (χ1) is 7.38. The Morgan fingerprint density at radius 2 is 2.27 bits per heavy atom. The highest BCUT2D eigenvalue weighted by molar-refractivity contribution is 7.99. The first-order valence-electron chi connectivity index (χ1n) is 5.94. The summed E-state index contributed by atoms with van der Waals surface area (Å²) in [6, 6.07) is 0.967. The Labute approximate surface area is 96.0 Å². The molecule has 2 N–H and O–H groups in total. The standard InChI is InChI=1S/C11H21NO2S/c13-6-10(12-9-3-4-9)7-15-8-11-2-1-5-14-11/h9-13H,1-8H2. The lowest BCUT2D eigenvalue weighted by molar-refractivity contribution is 0.129. The molecule has 0 bridgehead atoms. The van der Waals surface area contributed by atoms with Crippen molar-refractivity contribution in [3.63, 3.8) is 0 Å². The summed E-state index contributed by atoms with van der Waals surface area (Å²) in [5.74, 6) is 2.09. The van der Waals surface area contributed by atoms with Crippen LogP contribution in [0.4, 0.5) is 0 Å².